The van der Waals surface area contributed by atoms with Crippen LogP contribution in [0.15, 0.2) is 24.3 Å². The Labute approximate surface area is 129 Å². The highest BCUT2D eigenvalue weighted by Crippen LogP contribution is 2.15. The first kappa shape index (κ1) is 17.3. The normalized spacial score (nSPS) is 11.0. The van der Waals surface area contributed by atoms with Crippen molar-refractivity contribution in [3.8, 4) is 0 Å². The van der Waals surface area contributed by atoms with Crippen molar-refractivity contribution in [1.82, 2.24) is 10.6 Å². The number of amides is 2. The van der Waals surface area contributed by atoms with Gasteiger partial charge in [-0.3, -0.25) is 0 Å². The van der Waals surface area contributed by atoms with Crippen LogP contribution in [0.5, 0.6) is 0 Å². The van der Waals surface area contributed by atoms with Gasteiger partial charge in [0.1, 0.15) is 5.54 Å². The Hall–Kier alpha value is -1.75. The van der Waals surface area contributed by atoms with Crippen molar-refractivity contribution in [1.29, 1.82) is 0 Å². The van der Waals surface area contributed by atoms with E-state index >= 15 is 0 Å². The molecule has 0 aliphatic heterocycles. The molecule has 0 unspecified atom stereocenters. The highest BCUT2D eigenvalue weighted by Gasteiger charge is 2.36. The standard InChI is InChI=1S/C15H21ClN2O3/c1-3-15(4-2,13(19)20)18-14(21)17-10-9-11-5-7-12(16)8-6-11/h5-8H,3-4,9-10H2,1-2H3,(H,19,20)(H2,17,18,21). The molecule has 0 saturated carbocycles. The summed E-state index contributed by atoms with van der Waals surface area (Å²) in [5, 5.41) is 15.1. The van der Waals surface area contributed by atoms with Crippen LogP contribution in [-0.2, 0) is 11.2 Å². The Bertz CT molecular complexity index is 484. The number of hydrogen-bond donors (Lipinski definition) is 3. The molecule has 0 bridgehead atoms. The Morgan fingerprint density at radius 2 is 1.76 bits per heavy atom. The van der Waals surface area contributed by atoms with E-state index in [9.17, 15) is 14.7 Å². The van der Waals surface area contributed by atoms with Gasteiger partial charge in [-0.15, -0.1) is 0 Å². The molecule has 0 atom stereocenters. The summed E-state index contributed by atoms with van der Waals surface area (Å²) in [7, 11) is 0. The van der Waals surface area contributed by atoms with Crippen LogP contribution in [0.4, 0.5) is 4.79 Å². The lowest BCUT2D eigenvalue weighted by Gasteiger charge is -2.28. The van der Waals surface area contributed by atoms with Crippen molar-refractivity contribution in [3.63, 3.8) is 0 Å². The second kappa shape index (κ2) is 7.88. The molecule has 3 N–H and O–H groups in total. The highest BCUT2D eigenvalue weighted by atomic mass is 35.5. The molecule has 0 aliphatic carbocycles. The highest BCUT2D eigenvalue weighted by molar-refractivity contribution is 6.30. The third kappa shape index (κ3) is 4.93. The molecule has 0 aliphatic rings. The maximum absolute atomic E-state index is 11.8. The molecule has 2 amide bonds. The third-order valence-corrected chi connectivity index (χ3v) is 3.83. The first-order chi connectivity index (χ1) is 9.93. The fourth-order valence-corrected chi connectivity index (χ4v) is 2.14. The van der Waals surface area contributed by atoms with Crippen LogP contribution in [0.3, 0.4) is 0 Å². The maximum Gasteiger partial charge on any atom is 0.329 e. The average Bonchev–Trinajstić information content (AvgIpc) is 2.46. The molecular formula is C15H21ClN2O3. The Kier molecular flexibility index (Phi) is 6.49. The monoisotopic (exact) mass is 312 g/mol. The number of carboxylic acid groups (broad SMARTS) is 1. The van der Waals surface area contributed by atoms with E-state index in [0.29, 0.717) is 30.8 Å². The zero-order chi connectivity index (χ0) is 15.9. The zero-order valence-corrected chi connectivity index (χ0v) is 13.0. The van der Waals surface area contributed by atoms with Crippen LogP contribution in [0.2, 0.25) is 5.02 Å². The van der Waals surface area contributed by atoms with Crippen LogP contribution >= 0.6 is 11.6 Å². The summed E-state index contributed by atoms with van der Waals surface area (Å²) in [4.78, 5) is 23.1. The molecule has 0 spiro atoms. The number of halogens is 1. The fourth-order valence-electron chi connectivity index (χ4n) is 2.02. The average molecular weight is 313 g/mol. The Morgan fingerprint density at radius 1 is 1.19 bits per heavy atom. The van der Waals surface area contributed by atoms with Gasteiger partial charge in [-0.2, -0.15) is 0 Å². The van der Waals surface area contributed by atoms with Gasteiger partial charge < -0.3 is 15.7 Å². The minimum atomic E-state index is -1.20. The molecule has 6 heteroatoms. The number of carboxylic acids is 1. The van der Waals surface area contributed by atoms with Crippen molar-refractivity contribution < 1.29 is 14.7 Å². The van der Waals surface area contributed by atoms with E-state index in [4.69, 9.17) is 11.6 Å². The van der Waals surface area contributed by atoms with Crippen molar-refractivity contribution >= 4 is 23.6 Å². The van der Waals surface area contributed by atoms with Crippen molar-refractivity contribution in [3.05, 3.63) is 34.9 Å². The van der Waals surface area contributed by atoms with Gasteiger partial charge in [-0.1, -0.05) is 37.6 Å². The number of rotatable bonds is 7. The van der Waals surface area contributed by atoms with Gasteiger partial charge in [0.05, 0.1) is 0 Å². The fraction of sp³-hybridized carbons (Fsp3) is 0.467. The van der Waals surface area contributed by atoms with E-state index in [2.05, 4.69) is 10.6 Å². The van der Waals surface area contributed by atoms with Gasteiger partial charge in [0.15, 0.2) is 0 Å². The molecule has 0 radical (unpaired) electrons. The van der Waals surface area contributed by atoms with Crippen molar-refractivity contribution in [2.75, 3.05) is 6.54 Å². The van der Waals surface area contributed by atoms with E-state index in [1.807, 2.05) is 12.1 Å². The number of hydrogen-bond acceptors (Lipinski definition) is 2. The molecule has 21 heavy (non-hydrogen) atoms. The van der Waals surface area contributed by atoms with Gasteiger partial charge >= 0.3 is 12.0 Å². The van der Waals surface area contributed by atoms with Crippen LogP contribution in [0, 0.1) is 0 Å². The lowest BCUT2D eigenvalue weighted by atomic mass is 9.93. The summed E-state index contributed by atoms with van der Waals surface area (Å²) >= 11 is 5.80. The first-order valence-electron chi connectivity index (χ1n) is 6.97. The van der Waals surface area contributed by atoms with E-state index in [1.54, 1.807) is 26.0 Å². The van der Waals surface area contributed by atoms with Crippen molar-refractivity contribution in [2.45, 2.75) is 38.6 Å². The summed E-state index contributed by atoms with van der Waals surface area (Å²) in [6.45, 7) is 3.91. The van der Waals surface area contributed by atoms with E-state index < -0.39 is 17.5 Å². The van der Waals surface area contributed by atoms with E-state index in [-0.39, 0.29) is 0 Å². The number of urea groups is 1. The molecule has 1 rings (SSSR count). The molecular weight excluding hydrogens is 292 g/mol. The lowest BCUT2D eigenvalue weighted by Crippen LogP contribution is -2.56. The lowest BCUT2D eigenvalue weighted by molar-refractivity contribution is -0.144. The maximum atomic E-state index is 11.8. The largest absolute Gasteiger partial charge is 0.480 e. The van der Waals surface area contributed by atoms with Gasteiger partial charge in [0.2, 0.25) is 0 Å². The van der Waals surface area contributed by atoms with Gasteiger partial charge in [-0.05, 0) is 37.0 Å². The SMILES string of the molecule is CCC(CC)(NC(=O)NCCc1ccc(Cl)cc1)C(=O)O. The predicted octanol–water partition coefficient (Wildman–Crippen LogP) is 2.83. The quantitative estimate of drug-likeness (QED) is 0.724. The number of carbonyl (C=O) groups is 2. The number of benzene rings is 1. The minimum Gasteiger partial charge on any atom is -0.480 e. The predicted molar refractivity (Wildman–Crippen MR) is 82.6 cm³/mol. The first-order valence-corrected chi connectivity index (χ1v) is 7.35. The van der Waals surface area contributed by atoms with Crippen LogP contribution < -0.4 is 10.6 Å². The van der Waals surface area contributed by atoms with E-state index in [0.717, 1.165) is 5.56 Å². The minimum absolute atomic E-state index is 0.337. The molecule has 0 saturated heterocycles. The zero-order valence-electron chi connectivity index (χ0n) is 12.3. The van der Waals surface area contributed by atoms with Gasteiger partial charge in [-0.25, -0.2) is 9.59 Å². The Morgan fingerprint density at radius 3 is 2.24 bits per heavy atom. The second-order valence-corrected chi connectivity index (χ2v) is 5.29. The van der Waals surface area contributed by atoms with Crippen LogP contribution in [-0.4, -0.2) is 29.2 Å². The van der Waals surface area contributed by atoms with Crippen LogP contribution in [0.25, 0.3) is 0 Å². The summed E-state index contributed by atoms with van der Waals surface area (Å²) in [6.07, 6.45) is 1.33. The number of aliphatic carboxylic acids is 1. The van der Waals surface area contributed by atoms with E-state index in [1.165, 1.54) is 0 Å². The summed E-state index contributed by atoms with van der Waals surface area (Å²) in [5.74, 6) is -1.01. The molecule has 0 aromatic heterocycles. The topological polar surface area (TPSA) is 78.4 Å². The van der Waals surface area contributed by atoms with Crippen LogP contribution in [0.1, 0.15) is 32.3 Å². The number of nitrogens with one attached hydrogen (secondary N) is 2. The Balaban J connectivity index is 2.46. The molecule has 0 fully saturated rings. The van der Waals surface area contributed by atoms with Gasteiger partial charge in [0.25, 0.3) is 0 Å². The third-order valence-electron chi connectivity index (χ3n) is 3.58. The summed E-state index contributed by atoms with van der Waals surface area (Å²) < 4.78 is 0. The molecule has 1 aromatic rings. The van der Waals surface area contributed by atoms with Gasteiger partial charge in [0, 0.05) is 11.6 Å². The summed E-state index contributed by atoms with van der Waals surface area (Å²) in [5.41, 5.74) is -0.153. The smallest absolute Gasteiger partial charge is 0.329 e. The molecule has 1 aromatic carbocycles. The molecule has 5 nitrogen and oxygen atoms in total. The van der Waals surface area contributed by atoms with Crippen molar-refractivity contribution in [2.24, 2.45) is 0 Å². The second-order valence-electron chi connectivity index (χ2n) is 4.85. The summed E-state index contributed by atoms with van der Waals surface area (Å²) in [6, 6.07) is 6.90. The molecule has 0 heterocycles. The molecule has 116 valence electrons. The number of carbonyl (C=O) groups excluding carboxylic acids is 1.